The van der Waals surface area contributed by atoms with Gasteiger partial charge in [0.1, 0.15) is 5.75 Å². The van der Waals surface area contributed by atoms with Gasteiger partial charge in [0.25, 0.3) is 0 Å². The lowest BCUT2D eigenvalue weighted by atomic mass is 9.88. The van der Waals surface area contributed by atoms with Gasteiger partial charge in [-0.3, -0.25) is 4.79 Å². The van der Waals surface area contributed by atoms with Crippen LogP contribution in [0.4, 0.5) is 5.69 Å². The van der Waals surface area contributed by atoms with E-state index in [-0.39, 0.29) is 12.0 Å². The normalized spacial score (nSPS) is 11.2. The molecule has 0 aliphatic rings. The Morgan fingerprint density at radius 1 is 1.37 bits per heavy atom. The third-order valence-corrected chi connectivity index (χ3v) is 2.75. The van der Waals surface area contributed by atoms with E-state index in [4.69, 9.17) is 4.74 Å². The fourth-order valence-electron chi connectivity index (χ4n) is 1.64. The number of nitrogens with one attached hydrogen (secondary N) is 1. The topological polar surface area (TPSA) is 38.3 Å². The quantitative estimate of drug-likeness (QED) is 0.786. The molecule has 0 unspecified atom stereocenters. The minimum absolute atomic E-state index is 0.00933. The smallest absolute Gasteiger partial charge is 0.230 e. The van der Waals surface area contributed by atoms with Gasteiger partial charge in [0.2, 0.25) is 5.91 Å². The second-order valence-corrected chi connectivity index (χ2v) is 5.52. The van der Waals surface area contributed by atoms with Crippen molar-refractivity contribution in [1.82, 2.24) is 0 Å². The van der Waals surface area contributed by atoms with Crippen LogP contribution in [0.3, 0.4) is 0 Å². The molecule has 104 valence electrons. The standard InChI is InChI=1S/C16H23NO2/c1-6-11-16(4,5)15(18)17-13-7-9-14(10-8-13)19-12(2)3/h6-10,12H,1,11H2,2-5H3,(H,17,18). The summed E-state index contributed by atoms with van der Waals surface area (Å²) in [5, 5.41) is 2.91. The summed E-state index contributed by atoms with van der Waals surface area (Å²) in [6, 6.07) is 7.41. The third kappa shape index (κ3) is 4.78. The largest absolute Gasteiger partial charge is 0.491 e. The second kappa shape index (κ2) is 6.41. The number of hydrogen-bond donors (Lipinski definition) is 1. The molecule has 0 spiro atoms. The van der Waals surface area contributed by atoms with E-state index in [1.165, 1.54) is 0 Å². The van der Waals surface area contributed by atoms with Crippen molar-refractivity contribution in [3.63, 3.8) is 0 Å². The Balaban J connectivity index is 2.67. The van der Waals surface area contributed by atoms with Crippen molar-refractivity contribution in [2.75, 3.05) is 5.32 Å². The van der Waals surface area contributed by atoms with E-state index in [0.29, 0.717) is 6.42 Å². The monoisotopic (exact) mass is 261 g/mol. The first-order valence-electron chi connectivity index (χ1n) is 6.54. The summed E-state index contributed by atoms with van der Waals surface area (Å²) in [6.45, 7) is 11.4. The lowest BCUT2D eigenvalue weighted by molar-refractivity contribution is -0.123. The van der Waals surface area contributed by atoms with Gasteiger partial charge >= 0.3 is 0 Å². The summed E-state index contributed by atoms with van der Waals surface area (Å²) in [4.78, 5) is 12.1. The van der Waals surface area contributed by atoms with Gasteiger partial charge in [-0.25, -0.2) is 0 Å². The predicted molar refractivity (Wildman–Crippen MR) is 79.4 cm³/mol. The molecule has 0 radical (unpaired) electrons. The Hall–Kier alpha value is -1.77. The van der Waals surface area contributed by atoms with Crippen LogP contribution in [-0.4, -0.2) is 12.0 Å². The Kier molecular flexibility index (Phi) is 5.16. The first-order chi connectivity index (χ1) is 8.85. The van der Waals surface area contributed by atoms with Crippen LogP contribution in [0, 0.1) is 5.41 Å². The van der Waals surface area contributed by atoms with Gasteiger partial charge in [-0.1, -0.05) is 19.9 Å². The Labute approximate surface area is 115 Å². The summed E-state index contributed by atoms with van der Waals surface area (Å²) >= 11 is 0. The highest BCUT2D eigenvalue weighted by Gasteiger charge is 2.25. The van der Waals surface area contributed by atoms with Crippen LogP contribution in [-0.2, 0) is 4.79 Å². The maximum Gasteiger partial charge on any atom is 0.230 e. The number of benzene rings is 1. The van der Waals surface area contributed by atoms with Gasteiger partial charge < -0.3 is 10.1 Å². The number of rotatable bonds is 6. The van der Waals surface area contributed by atoms with Gasteiger partial charge in [-0.2, -0.15) is 0 Å². The summed E-state index contributed by atoms with van der Waals surface area (Å²) in [7, 11) is 0. The van der Waals surface area contributed by atoms with E-state index in [2.05, 4.69) is 11.9 Å². The number of allylic oxidation sites excluding steroid dienone is 1. The van der Waals surface area contributed by atoms with E-state index in [0.717, 1.165) is 11.4 Å². The second-order valence-electron chi connectivity index (χ2n) is 5.52. The molecule has 3 heteroatoms. The molecule has 3 nitrogen and oxygen atoms in total. The van der Waals surface area contributed by atoms with Crippen LogP contribution in [0.2, 0.25) is 0 Å². The molecule has 0 bridgehead atoms. The summed E-state index contributed by atoms with van der Waals surface area (Å²) in [5.74, 6) is 0.795. The minimum Gasteiger partial charge on any atom is -0.491 e. The van der Waals surface area contributed by atoms with Gasteiger partial charge in [0.15, 0.2) is 0 Å². The van der Waals surface area contributed by atoms with E-state index < -0.39 is 5.41 Å². The number of hydrogen-bond acceptors (Lipinski definition) is 2. The SMILES string of the molecule is C=CCC(C)(C)C(=O)Nc1ccc(OC(C)C)cc1. The number of carbonyl (C=O) groups excluding carboxylic acids is 1. The molecule has 1 aromatic carbocycles. The van der Waals surface area contributed by atoms with Crippen LogP contribution in [0.5, 0.6) is 5.75 Å². The summed E-state index contributed by atoms with van der Waals surface area (Å²) < 4.78 is 5.55. The van der Waals surface area contributed by atoms with E-state index >= 15 is 0 Å². The fourth-order valence-corrected chi connectivity index (χ4v) is 1.64. The number of amides is 1. The third-order valence-electron chi connectivity index (χ3n) is 2.75. The Bertz CT molecular complexity index is 433. The molecule has 0 aliphatic carbocycles. The molecule has 1 rings (SSSR count). The zero-order valence-corrected chi connectivity index (χ0v) is 12.2. The van der Waals surface area contributed by atoms with Gasteiger partial charge in [0.05, 0.1) is 6.10 Å². The van der Waals surface area contributed by atoms with E-state index in [9.17, 15) is 4.79 Å². The molecule has 1 aromatic rings. The van der Waals surface area contributed by atoms with Crippen LogP contribution in [0.1, 0.15) is 34.1 Å². The number of ether oxygens (including phenoxy) is 1. The van der Waals surface area contributed by atoms with Crippen molar-refractivity contribution in [3.05, 3.63) is 36.9 Å². The maximum absolute atomic E-state index is 12.1. The zero-order valence-electron chi connectivity index (χ0n) is 12.2. The average Bonchev–Trinajstić information content (AvgIpc) is 2.30. The molecular formula is C16H23NO2. The maximum atomic E-state index is 12.1. The van der Waals surface area contributed by atoms with Gasteiger partial charge in [-0.15, -0.1) is 6.58 Å². The fraction of sp³-hybridized carbons (Fsp3) is 0.438. The van der Waals surface area contributed by atoms with Crippen molar-refractivity contribution >= 4 is 11.6 Å². The average molecular weight is 261 g/mol. The molecule has 0 fully saturated rings. The van der Waals surface area contributed by atoms with Gasteiger partial charge in [-0.05, 0) is 44.5 Å². The van der Waals surface area contributed by atoms with Crippen LogP contribution in [0.25, 0.3) is 0 Å². The molecular weight excluding hydrogens is 238 g/mol. The van der Waals surface area contributed by atoms with Gasteiger partial charge in [0, 0.05) is 11.1 Å². The van der Waals surface area contributed by atoms with Crippen LogP contribution in [0.15, 0.2) is 36.9 Å². The lowest BCUT2D eigenvalue weighted by Gasteiger charge is -2.21. The minimum atomic E-state index is -0.450. The highest BCUT2D eigenvalue weighted by molar-refractivity contribution is 5.94. The van der Waals surface area contributed by atoms with Crippen molar-refractivity contribution < 1.29 is 9.53 Å². The molecule has 0 aliphatic heterocycles. The zero-order chi connectivity index (χ0) is 14.5. The summed E-state index contributed by atoms with van der Waals surface area (Å²) in [5.41, 5.74) is 0.327. The van der Waals surface area contributed by atoms with Crippen molar-refractivity contribution in [3.8, 4) is 5.75 Å². The highest BCUT2D eigenvalue weighted by Crippen LogP contribution is 2.24. The highest BCUT2D eigenvalue weighted by atomic mass is 16.5. The Morgan fingerprint density at radius 2 is 1.95 bits per heavy atom. The lowest BCUT2D eigenvalue weighted by Crippen LogP contribution is -2.30. The molecule has 1 N–H and O–H groups in total. The molecule has 0 heterocycles. The Morgan fingerprint density at radius 3 is 2.42 bits per heavy atom. The first-order valence-corrected chi connectivity index (χ1v) is 6.54. The molecule has 0 aromatic heterocycles. The van der Waals surface area contributed by atoms with Crippen molar-refractivity contribution in [1.29, 1.82) is 0 Å². The number of anilines is 1. The summed E-state index contributed by atoms with van der Waals surface area (Å²) in [6.07, 6.45) is 2.55. The van der Waals surface area contributed by atoms with E-state index in [1.807, 2.05) is 52.0 Å². The van der Waals surface area contributed by atoms with Crippen LogP contribution < -0.4 is 10.1 Å². The van der Waals surface area contributed by atoms with Crippen LogP contribution >= 0.6 is 0 Å². The molecule has 0 saturated heterocycles. The molecule has 1 amide bonds. The van der Waals surface area contributed by atoms with E-state index in [1.54, 1.807) is 6.08 Å². The molecule has 0 atom stereocenters. The predicted octanol–water partition coefficient (Wildman–Crippen LogP) is 4.01. The molecule has 0 saturated carbocycles. The van der Waals surface area contributed by atoms with Crippen molar-refractivity contribution in [2.45, 2.75) is 40.2 Å². The van der Waals surface area contributed by atoms with Crippen molar-refractivity contribution in [2.24, 2.45) is 5.41 Å². The number of carbonyl (C=O) groups is 1. The molecule has 19 heavy (non-hydrogen) atoms. The first kappa shape index (κ1) is 15.3.